The van der Waals surface area contributed by atoms with Crippen LogP contribution in [0.5, 0.6) is 0 Å². The summed E-state index contributed by atoms with van der Waals surface area (Å²) in [5.41, 5.74) is -0.561. The van der Waals surface area contributed by atoms with Crippen LogP contribution in [0.15, 0.2) is 0 Å². The summed E-state index contributed by atoms with van der Waals surface area (Å²) >= 11 is 0. The summed E-state index contributed by atoms with van der Waals surface area (Å²) in [4.78, 5) is 11.9. The van der Waals surface area contributed by atoms with Crippen molar-refractivity contribution < 1.29 is 14.3 Å². The number of likely N-dealkylation sites (N-methyl/N-ethyl adjacent to an activating group) is 1. The van der Waals surface area contributed by atoms with Crippen molar-refractivity contribution in [1.82, 2.24) is 5.32 Å². The Morgan fingerprint density at radius 3 is 2.37 bits per heavy atom. The second kappa shape index (κ2) is 11.2. The molecule has 0 aliphatic carbocycles. The molecule has 0 fully saturated rings. The molecule has 0 rings (SSSR count). The molecule has 0 aromatic heterocycles. The molecule has 0 saturated heterocycles. The first-order chi connectivity index (χ1) is 9.10. The zero-order valence-corrected chi connectivity index (χ0v) is 13.1. The van der Waals surface area contributed by atoms with Crippen LogP contribution in [0.4, 0.5) is 0 Å². The lowest BCUT2D eigenvalue weighted by Crippen LogP contribution is -2.50. The molecule has 1 atom stereocenters. The van der Waals surface area contributed by atoms with E-state index in [4.69, 9.17) is 9.47 Å². The highest BCUT2D eigenvalue weighted by Gasteiger charge is 2.32. The molecule has 0 amide bonds. The first-order valence-electron chi connectivity index (χ1n) is 7.60. The van der Waals surface area contributed by atoms with Crippen LogP contribution in [0.25, 0.3) is 0 Å². The van der Waals surface area contributed by atoms with Crippen LogP contribution in [0, 0.1) is 0 Å². The maximum atomic E-state index is 11.9. The molecule has 0 radical (unpaired) electrons. The van der Waals surface area contributed by atoms with Crippen molar-refractivity contribution in [2.24, 2.45) is 0 Å². The molecule has 4 heteroatoms. The molecular weight excluding hydrogens is 242 g/mol. The van der Waals surface area contributed by atoms with E-state index in [9.17, 15) is 4.79 Å². The molecule has 0 heterocycles. The van der Waals surface area contributed by atoms with E-state index in [1.165, 1.54) is 6.42 Å². The van der Waals surface area contributed by atoms with Gasteiger partial charge in [-0.2, -0.15) is 0 Å². The lowest BCUT2D eigenvalue weighted by Gasteiger charge is -2.28. The number of carbonyl (C=O) groups is 1. The van der Waals surface area contributed by atoms with E-state index in [0.717, 1.165) is 45.4 Å². The molecule has 0 bridgehead atoms. The average molecular weight is 273 g/mol. The summed E-state index contributed by atoms with van der Waals surface area (Å²) in [6.45, 7) is 10.8. The van der Waals surface area contributed by atoms with Gasteiger partial charge in [-0.15, -0.1) is 0 Å². The van der Waals surface area contributed by atoms with Gasteiger partial charge in [0.25, 0.3) is 0 Å². The molecule has 1 N–H and O–H groups in total. The second-order valence-corrected chi connectivity index (χ2v) is 5.01. The minimum absolute atomic E-state index is 0.149. The lowest BCUT2D eigenvalue weighted by atomic mass is 9.95. The quantitative estimate of drug-likeness (QED) is 0.439. The molecule has 0 aliphatic heterocycles. The number of ether oxygens (including phenoxy) is 2. The fourth-order valence-corrected chi connectivity index (χ4v) is 1.97. The van der Waals surface area contributed by atoms with Gasteiger partial charge in [-0.25, -0.2) is 0 Å². The van der Waals surface area contributed by atoms with E-state index in [2.05, 4.69) is 12.2 Å². The Morgan fingerprint density at radius 1 is 1.11 bits per heavy atom. The topological polar surface area (TPSA) is 47.6 Å². The zero-order valence-electron chi connectivity index (χ0n) is 13.1. The number of esters is 1. The number of hydrogen-bond acceptors (Lipinski definition) is 4. The van der Waals surface area contributed by atoms with Crippen LogP contribution in [-0.4, -0.2) is 37.9 Å². The van der Waals surface area contributed by atoms with Gasteiger partial charge in [-0.05, 0) is 46.1 Å². The van der Waals surface area contributed by atoms with Crippen molar-refractivity contribution in [3.63, 3.8) is 0 Å². The SMILES string of the molecule is CCCCOCCCCC(C)(NCC)C(=O)OCC. The normalized spacial score (nSPS) is 14.1. The van der Waals surface area contributed by atoms with Crippen LogP contribution >= 0.6 is 0 Å². The standard InChI is InChI=1S/C15H31NO3/c1-5-8-12-18-13-10-9-11-15(4,16-6-2)14(17)19-7-3/h16H,5-13H2,1-4H3. The lowest BCUT2D eigenvalue weighted by molar-refractivity contribution is -0.150. The van der Waals surface area contributed by atoms with Crippen LogP contribution in [-0.2, 0) is 14.3 Å². The van der Waals surface area contributed by atoms with E-state index in [1.54, 1.807) is 0 Å². The van der Waals surface area contributed by atoms with Gasteiger partial charge in [0, 0.05) is 13.2 Å². The number of nitrogens with one attached hydrogen (secondary N) is 1. The van der Waals surface area contributed by atoms with E-state index in [-0.39, 0.29) is 5.97 Å². The minimum atomic E-state index is -0.561. The molecule has 1 unspecified atom stereocenters. The van der Waals surface area contributed by atoms with Crippen LogP contribution in [0.3, 0.4) is 0 Å². The Morgan fingerprint density at radius 2 is 1.79 bits per heavy atom. The fourth-order valence-electron chi connectivity index (χ4n) is 1.97. The van der Waals surface area contributed by atoms with E-state index in [1.807, 2.05) is 20.8 Å². The molecule has 0 spiro atoms. The third-order valence-electron chi connectivity index (χ3n) is 3.15. The molecule has 0 saturated carbocycles. The predicted molar refractivity (Wildman–Crippen MR) is 78.3 cm³/mol. The van der Waals surface area contributed by atoms with Crippen molar-refractivity contribution in [1.29, 1.82) is 0 Å². The minimum Gasteiger partial charge on any atom is -0.465 e. The van der Waals surface area contributed by atoms with E-state index >= 15 is 0 Å². The van der Waals surface area contributed by atoms with Crippen LogP contribution < -0.4 is 5.32 Å². The molecule has 0 aliphatic rings. The van der Waals surface area contributed by atoms with Crippen LogP contribution in [0.2, 0.25) is 0 Å². The van der Waals surface area contributed by atoms with Crippen molar-refractivity contribution in [3.05, 3.63) is 0 Å². The average Bonchev–Trinajstić information content (AvgIpc) is 2.38. The van der Waals surface area contributed by atoms with Crippen molar-refractivity contribution in [2.45, 2.75) is 65.3 Å². The van der Waals surface area contributed by atoms with E-state index < -0.39 is 5.54 Å². The Hall–Kier alpha value is -0.610. The maximum Gasteiger partial charge on any atom is 0.326 e. The third-order valence-corrected chi connectivity index (χ3v) is 3.15. The van der Waals surface area contributed by atoms with Gasteiger partial charge in [-0.1, -0.05) is 20.3 Å². The smallest absolute Gasteiger partial charge is 0.326 e. The van der Waals surface area contributed by atoms with Gasteiger partial charge in [0.15, 0.2) is 0 Å². The molecule has 0 aromatic carbocycles. The first-order valence-corrected chi connectivity index (χ1v) is 7.60. The maximum absolute atomic E-state index is 11.9. The second-order valence-electron chi connectivity index (χ2n) is 5.01. The molecule has 0 aromatic rings. The van der Waals surface area contributed by atoms with Gasteiger partial charge in [0.05, 0.1) is 6.61 Å². The summed E-state index contributed by atoms with van der Waals surface area (Å²) < 4.78 is 10.7. The Bertz CT molecular complexity index is 233. The number of rotatable bonds is 12. The highest BCUT2D eigenvalue weighted by atomic mass is 16.5. The zero-order chi connectivity index (χ0) is 14.6. The van der Waals surface area contributed by atoms with Crippen molar-refractivity contribution in [2.75, 3.05) is 26.4 Å². The summed E-state index contributed by atoms with van der Waals surface area (Å²) in [5, 5.41) is 3.24. The summed E-state index contributed by atoms with van der Waals surface area (Å²) in [6, 6.07) is 0. The Balaban J connectivity index is 3.90. The number of unbranched alkanes of at least 4 members (excludes halogenated alkanes) is 2. The largest absolute Gasteiger partial charge is 0.465 e. The highest BCUT2D eigenvalue weighted by molar-refractivity contribution is 5.80. The number of carbonyl (C=O) groups excluding carboxylic acids is 1. The Labute approximate surface area is 118 Å². The van der Waals surface area contributed by atoms with Gasteiger partial charge in [-0.3, -0.25) is 4.79 Å². The van der Waals surface area contributed by atoms with Gasteiger partial charge >= 0.3 is 5.97 Å². The molecule has 19 heavy (non-hydrogen) atoms. The summed E-state index contributed by atoms with van der Waals surface area (Å²) in [7, 11) is 0. The van der Waals surface area contributed by atoms with E-state index in [0.29, 0.717) is 6.61 Å². The van der Waals surface area contributed by atoms with Gasteiger partial charge in [0.2, 0.25) is 0 Å². The van der Waals surface area contributed by atoms with Crippen molar-refractivity contribution >= 4 is 5.97 Å². The molecule has 4 nitrogen and oxygen atoms in total. The van der Waals surface area contributed by atoms with Gasteiger partial charge in [0.1, 0.15) is 5.54 Å². The van der Waals surface area contributed by atoms with Crippen molar-refractivity contribution in [3.8, 4) is 0 Å². The fraction of sp³-hybridized carbons (Fsp3) is 0.933. The molecule has 114 valence electrons. The number of hydrogen-bond donors (Lipinski definition) is 1. The monoisotopic (exact) mass is 273 g/mol. The van der Waals surface area contributed by atoms with Gasteiger partial charge < -0.3 is 14.8 Å². The highest BCUT2D eigenvalue weighted by Crippen LogP contribution is 2.16. The predicted octanol–water partition coefficient (Wildman–Crippen LogP) is 2.90. The third kappa shape index (κ3) is 8.22. The molecular formula is C15H31NO3. The summed E-state index contributed by atoms with van der Waals surface area (Å²) in [6.07, 6.45) is 5.04. The van der Waals surface area contributed by atoms with Crippen LogP contribution in [0.1, 0.15) is 59.8 Å². The summed E-state index contributed by atoms with van der Waals surface area (Å²) in [5.74, 6) is -0.149. The first kappa shape index (κ1) is 18.4. The Kier molecular flexibility index (Phi) is 10.9.